The fraction of sp³-hybridized carbons (Fsp3) is 0.800. The van der Waals surface area contributed by atoms with Crippen molar-refractivity contribution >= 4 is 6.01 Å². The van der Waals surface area contributed by atoms with Crippen LogP contribution in [-0.4, -0.2) is 36.0 Å². The van der Waals surface area contributed by atoms with Crippen LogP contribution in [0.5, 0.6) is 0 Å². The average Bonchev–Trinajstić information content (AvgIpc) is 2.95. The topological polar surface area (TPSA) is 72.2 Å². The molecule has 1 aliphatic rings. The number of aromatic nitrogens is 2. The Kier molecular flexibility index (Phi) is 4.12. The average molecular weight is 226 g/mol. The molecule has 2 heterocycles. The molecule has 6 heteroatoms. The maximum atomic E-state index is 5.48. The van der Waals surface area contributed by atoms with E-state index in [1.165, 1.54) is 0 Å². The predicted octanol–water partition coefficient (Wildman–Crippen LogP) is 0.770. The van der Waals surface area contributed by atoms with E-state index >= 15 is 0 Å². The molecule has 1 atom stereocenters. The smallest absolute Gasteiger partial charge is 0.315 e. The number of nitrogens with zero attached hydrogens (tertiary/aromatic N) is 2. The van der Waals surface area contributed by atoms with E-state index in [2.05, 4.69) is 20.8 Å². The van der Waals surface area contributed by atoms with Gasteiger partial charge in [0.1, 0.15) is 0 Å². The van der Waals surface area contributed by atoms with E-state index in [1.54, 1.807) is 0 Å². The zero-order chi connectivity index (χ0) is 11.2. The Labute approximate surface area is 94.8 Å². The molecule has 90 valence electrons. The number of nitrogens with one attached hydrogen (secondary N) is 2. The molecule has 0 bridgehead atoms. The highest BCUT2D eigenvalue weighted by atomic mass is 16.5. The van der Waals surface area contributed by atoms with Crippen LogP contribution < -0.4 is 10.6 Å². The molecule has 0 amide bonds. The summed E-state index contributed by atoms with van der Waals surface area (Å²) in [6, 6.07) is 0.475. The van der Waals surface area contributed by atoms with Gasteiger partial charge in [0.25, 0.3) is 0 Å². The van der Waals surface area contributed by atoms with Gasteiger partial charge in [-0.25, -0.2) is 0 Å². The molecule has 2 N–H and O–H groups in total. The van der Waals surface area contributed by atoms with Gasteiger partial charge in [-0.3, -0.25) is 0 Å². The minimum absolute atomic E-state index is 0.282. The fourth-order valence-corrected chi connectivity index (χ4v) is 1.63. The molecule has 1 aromatic rings. The van der Waals surface area contributed by atoms with Gasteiger partial charge in [0.05, 0.1) is 12.6 Å². The Morgan fingerprint density at radius 1 is 1.44 bits per heavy atom. The number of hydrogen-bond acceptors (Lipinski definition) is 6. The third kappa shape index (κ3) is 3.18. The van der Waals surface area contributed by atoms with Gasteiger partial charge >= 0.3 is 6.01 Å². The molecule has 0 aromatic carbocycles. The van der Waals surface area contributed by atoms with Crippen LogP contribution >= 0.6 is 0 Å². The van der Waals surface area contributed by atoms with Gasteiger partial charge in [-0.1, -0.05) is 12.0 Å². The summed E-state index contributed by atoms with van der Waals surface area (Å²) in [4.78, 5) is 0. The first-order chi connectivity index (χ1) is 7.88. The van der Waals surface area contributed by atoms with Gasteiger partial charge in [-0.05, 0) is 19.4 Å². The van der Waals surface area contributed by atoms with Gasteiger partial charge in [0.2, 0.25) is 5.89 Å². The zero-order valence-corrected chi connectivity index (χ0v) is 9.53. The van der Waals surface area contributed by atoms with Crippen LogP contribution in [0.15, 0.2) is 4.42 Å². The van der Waals surface area contributed by atoms with Gasteiger partial charge in [-0.15, -0.1) is 5.10 Å². The summed E-state index contributed by atoms with van der Waals surface area (Å²) in [5.41, 5.74) is 0. The van der Waals surface area contributed by atoms with Crippen molar-refractivity contribution in [3.63, 3.8) is 0 Å². The monoisotopic (exact) mass is 226 g/mol. The van der Waals surface area contributed by atoms with Crippen LogP contribution in [0.3, 0.4) is 0 Å². The van der Waals surface area contributed by atoms with Crippen molar-refractivity contribution in [1.29, 1.82) is 0 Å². The standard InChI is InChI=1S/C10H18N4O2/c1-2-11-7-9-13-14-10(16-9)12-6-8-4-3-5-15-8/h8,11H,2-7H2,1H3,(H,12,14). The maximum Gasteiger partial charge on any atom is 0.315 e. The Hall–Kier alpha value is -1.14. The molecule has 1 saturated heterocycles. The lowest BCUT2D eigenvalue weighted by molar-refractivity contribution is 0.120. The first kappa shape index (κ1) is 11.3. The van der Waals surface area contributed by atoms with Crippen molar-refractivity contribution in [2.75, 3.05) is 25.0 Å². The van der Waals surface area contributed by atoms with E-state index in [4.69, 9.17) is 9.15 Å². The minimum atomic E-state index is 0.282. The maximum absolute atomic E-state index is 5.48. The first-order valence-electron chi connectivity index (χ1n) is 5.77. The molecule has 0 radical (unpaired) electrons. The Balaban J connectivity index is 1.73. The minimum Gasteiger partial charge on any atom is -0.407 e. The highest BCUT2D eigenvalue weighted by Crippen LogP contribution is 2.13. The highest BCUT2D eigenvalue weighted by molar-refractivity contribution is 5.17. The van der Waals surface area contributed by atoms with Gasteiger partial charge in [-0.2, -0.15) is 0 Å². The molecular weight excluding hydrogens is 208 g/mol. The van der Waals surface area contributed by atoms with Crippen LogP contribution in [0, 0.1) is 0 Å². The van der Waals surface area contributed by atoms with E-state index in [0.29, 0.717) is 18.5 Å². The SMILES string of the molecule is CCNCc1nnc(NCC2CCCO2)o1. The third-order valence-electron chi connectivity index (χ3n) is 2.50. The van der Waals surface area contributed by atoms with Gasteiger partial charge in [0.15, 0.2) is 0 Å². The van der Waals surface area contributed by atoms with E-state index in [-0.39, 0.29) is 6.10 Å². The third-order valence-corrected chi connectivity index (χ3v) is 2.50. The van der Waals surface area contributed by atoms with Crippen molar-refractivity contribution in [1.82, 2.24) is 15.5 Å². The van der Waals surface area contributed by atoms with Crippen LogP contribution in [-0.2, 0) is 11.3 Å². The summed E-state index contributed by atoms with van der Waals surface area (Å²) in [6.07, 6.45) is 2.52. The molecule has 1 aliphatic heterocycles. The van der Waals surface area contributed by atoms with Crippen LogP contribution in [0.1, 0.15) is 25.7 Å². The van der Waals surface area contributed by atoms with Crippen molar-refractivity contribution in [3.8, 4) is 0 Å². The summed E-state index contributed by atoms with van der Waals surface area (Å²) in [6.45, 7) is 5.14. The summed E-state index contributed by atoms with van der Waals surface area (Å²) in [5.74, 6) is 0.608. The summed E-state index contributed by atoms with van der Waals surface area (Å²) in [5, 5.41) is 14.0. The molecule has 1 fully saturated rings. The second-order valence-corrected chi connectivity index (χ2v) is 3.80. The molecule has 16 heavy (non-hydrogen) atoms. The van der Waals surface area contributed by atoms with Crippen molar-refractivity contribution < 1.29 is 9.15 Å². The summed E-state index contributed by atoms with van der Waals surface area (Å²) in [7, 11) is 0. The number of anilines is 1. The second-order valence-electron chi connectivity index (χ2n) is 3.80. The number of rotatable bonds is 6. The van der Waals surface area contributed by atoms with E-state index in [1.807, 2.05) is 6.92 Å². The van der Waals surface area contributed by atoms with Gasteiger partial charge < -0.3 is 19.8 Å². The van der Waals surface area contributed by atoms with Crippen molar-refractivity contribution in [3.05, 3.63) is 5.89 Å². The Morgan fingerprint density at radius 3 is 3.12 bits per heavy atom. The predicted molar refractivity (Wildman–Crippen MR) is 59.1 cm³/mol. The first-order valence-corrected chi connectivity index (χ1v) is 5.77. The van der Waals surface area contributed by atoms with Crippen molar-refractivity contribution in [2.24, 2.45) is 0 Å². The number of ether oxygens (including phenoxy) is 1. The van der Waals surface area contributed by atoms with E-state index in [9.17, 15) is 0 Å². The van der Waals surface area contributed by atoms with Crippen LogP contribution in [0.4, 0.5) is 6.01 Å². The Bertz CT molecular complexity index is 310. The summed E-state index contributed by atoms with van der Waals surface area (Å²) >= 11 is 0. The molecule has 0 spiro atoms. The lowest BCUT2D eigenvalue weighted by atomic mass is 10.2. The quantitative estimate of drug-likeness (QED) is 0.746. The molecule has 0 aliphatic carbocycles. The largest absolute Gasteiger partial charge is 0.407 e. The molecule has 2 rings (SSSR count). The van der Waals surface area contributed by atoms with Crippen LogP contribution in [0.2, 0.25) is 0 Å². The number of hydrogen-bond donors (Lipinski definition) is 2. The molecule has 1 unspecified atom stereocenters. The molecule has 1 aromatic heterocycles. The lowest BCUT2D eigenvalue weighted by Crippen LogP contribution is -2.18. The normalized spacial score (nSPS) is 20.2. The van der Waals surface area contributed by atoms with E-state index < -0.39 is 0 Å². The molecular formula is C10H18N4O2. The van der Waals surface area contributed by atoms with Gasteiger partial charge in [0, 0.05) is 13.2 Å². The van der Waals surface area contributed by atoms with Crippen molar-refractivity contribution in [2.45, 2.75) is 32.4 Å². The lowest BCUT2D eigenvalue weighted by Gasteiger charge is -2.07. The van der Waals surface area contributed by atoms with Crippen LogP contribution in [0.25, 0.3) is 0 Å². The molecule has 0 saturated carbocycles. The summed E-state index contributed by atoms with van der Waals surface area (Å²) < 4.78 is 10.9. The molecule has 6 nitrogen and oxygen atoms in total. The fourth-order valence-electron chi connectivity index (χ4n) is 1.63. The second kappa shape index (κ2) is 5.81. The zero-order valence-electron chi connectivity index (χ0n) is 9.53. The van der Waals surface area contributed by atoms with E-state index in [0.717, 1.165) is 32.5 Å². The highest BCUT2D eigenvalue weighted by Gasteiger charge is 2.16. The Morgan fingerprint density at radius 2 is 2.38 bits per heavy atom.